The second-order valence-corrected chi connectivity index (χ2v) is 6.43. The van der Waals surface area contributed by atoms with Crippen LogP contribution in [0.3, 0.4) is 0 Å². The Morgan fingerprint density at radius 3 is 2.19 bits per heavy atom. The van der Waals surface area contributed by atoms with Crippen LogP contribution in [0.5, 0.6) is 0 Å². The topological polar surface area (TPSA) is 6.48 Å². The quantitative estimate of drug-likeness (QED) is 0.719. The fourth-order valence-electron chi connectivity index (χ4n) is 2.27. The molecule has 1 rings (SSSR count). The third kappa shape index (κ3) is 4.34. The molecule has 1 aliphatic heterocycles. The molecule has 1 fully saturated rings. The van der Waals surface area contributed by atoms with E-state index in [4.69, 9.17) is 0 Å². The van der Waals surface area contributed by atoms with Crippen molar-refractivity contribution in [1.29, 1.82) is 0 Å². The normalized spacial score (nSPS) is 22.3. The molecule has 0 spiro atoms. The van der Waals surface area contributed by atoms with E-state index in [9.17, 15) is 0 Å². The summed E-state index contributed by atoms with van der Waals surface area (Å²) >= 11 is 3.61. The first-order valence-corrected chi connectivity index (χ1v) is 7.63. The first-order chi connectivity index (χ1) is 7.48. The van der Waals surface area contributed by atoms with Crippen LogP contribution in [0.2, 0.25) is 0 Å². The van der Waals surface area contributed by atoms with Crippen LogP contribution in [0.15, 0.2) is 0 Å². The second kappa shape index (κ2) is 6.36. The molecule has 0 amide bonds. The zero-order valence-electron chi connectivity index (χ0n) is 11.3. The average molecular weight is 291 g/mol. The summed E-state index contributed by atoms with van der Waals surface area (Å²) < 4.78 is 0. The van der Waals surface area contributed by atoms with Crippen LogP contribution in [-0.4, -0.2) is 53.9 Å². The largest absolute Gasteiger partial charge is 0.300 e. The Balaban J connectivity index is 2.32. The van der Waals surface area contributed by atoms with E-state index in [0.29, 0.717) is 5.41 Å². The lowest BCUT2D eigenvalue weighted by molar-refractivity contribution is 0.0802. The number of hydrogen-bond acceptors (Lipinski definition) is 2. The van der Waals surface area contributed by atoms with E-state index in [1.165, 1.54) is 39.1 Å². The maximum atomic E-state index is 3.61. The van der Waals surface area contributed by atoms with Crippen molar-refractivity contribution in [3.63, 3.8) is 0 Å². The van der Waals surface area contributed by atoms with Crippen molar-refractivity contribution < 1.29 is 0 Å². The number of hydrogen-bond donors (Lipinski definition) is 0. The Morgan fingerprint density at radius 2 is 1.75 bits per heavy atom. The van der Waals surface area contributed by atoms with E-state index in [1.54, 1.807) is 0 Å². The maximum absolute atomic E-state index is 3.61. The van der Waals surface area contributed by atoms with Gasteiger partial charge in [-0.05, 0) is 18.8 Å². The lowest BCUT2D eigenvalue weighted by Crippen LogP contribution is -2.51. The monoisotopic (exact) mass is 290 g/mol. The summed E-state index contributed by atoms with van der Waals surface area (Å²) in [6.45, 7) is 15.5. The summed E-state index contributed by atoms with van der Waals surface area (Å²) in [4.78, 5) is 5.23. The van der Waals surface area contributed by atoms with Crippen molar-refractivity contribution in [1.82, 2.24) is 9.80 Å². The van der Waals surface area contributed by atoms with Crippen molar-refractivity contribution in [3.8, 4) is 0 Å². The summed E-state index contributed by atoms with van der Waals surface area (Å²) in [7, 11) is 0. The average Bonchev–Trinajstić information content (AvgIpc) is 2.28. The summed E-state index contributed by atoms with van der Waals surface area (Å²) in [5, 5.41) is 1.09. The van der Waals surface area contributed by atoms with Gasteiger partial charge in [0.1, 0.15) is 0 Å². The van der Waals surface area contributed by atoms with Crippen molar-refractivity contribution in [2.45, 2.75) is 40.2 Å². The predicted octanol–water partition coefficient (Wildman–Crippen LogP) is 2.82. The van der Waals surface area contributed by atoms with Crippen LogP contribution < -0.4 is 0 Å². The van der Waals surface area contributed by atoms with Crippen LogP contribution in [0.4, 0.5) is 0 Å². The molecule has 0 bridgehead atoms. The predicted molar refractivity (Wildman–Crippen MR) is 75.3 cm³/mol. The molecule has 1 unspecified atom stereocenters. The summed E-state index contributed by atoms with van der Waals surface area (Å²) in [5.41, 5.74) is 0.401. The number of halogens is 1. The first kappa shape index (κ1) is 14.5. The molecule has 0 aliphatic carbocycles. The van der Waals surface area contributed by atoms with Gasteiger partial charge >= 0.3 is 0 Å². The number of piperazine rings is 1. The number of alkyl halides is 1. The fraction of sp³-hybridized carbons (Fsp3) is 1.00. The van der Waals surface area contributed by atoms with Gasteiger partial charge in [-0.3, -0.25) is 4.90 Å². The van der Waals surface area contributed by atoms with E-state index in [1.807, 2.05) is 0 Å². The molecular weight excluding hydrogens is 264 g/mol. The summed E-state index contributed by atoms with van der Waals surface area (Å²) in [6.07, 6.45) is 1.27. The molecule has 1 saturated heterocycles. The number of rotatable bonds is 5. The van der Waals surface area contributed by atoms with E-state index < -0.39 is 0 Å². The molecule has 1 atom stereocenters. The SMILES string of the molecule is CCC(C)N1CCN(CC(C)(C)CBr)CC1. The van der Waals surface area contributed by atoms with E-state index >= 15 is 0 Å². The van der Waals surface area contributed by atoms with Gasteiger partial charge in [-0.2, -0.15) is 0 Å². The molecule has 0 aromatic heterocycles. The highest BCUT2D eigenvalue weighted by Crippen LogP contribution is 2.21. The summed E-state index contributed by atoms with van der Waals surface area (Å²) in [6, 6.07) is 0.756. The van der Waals surface area contributed by atoms with Crippen LogP contribution in [0.1, 0.15) is 34.1 Å². The number of nitrogens with zero attached hydrogens (tertiary/aromatic N) is 2. The third-order valence-corrected chi connectivity index (χ3v) is 5.15. The molecule has 0 aromatic carbocycles. The van der Waals surface area contributed by atoms with Gasteiger partial charge in [0, 0.05) is 44.1 Å². The zero-order valence-corrected chi connectivity index (χ0v) is 12.9. The highest BCUT2D eigenvalue weighted by Gasteiger charge is 2.25. The lowest BCUT2D eigenvalue weighted by atomic mass is 9.95. The molecule has 16 heavy (non-hydrogen) atoms. The van der Waals surface area contributed by atoms with E-state index in [0.717, 1.165) is 11.4 Å². The summed E-state index contributed by atoms with van der Waals surface area (Å²) in [5.74, 6) is 0. The smallest absolute Gasteiger partial charge is 0.0113 e. The van der Waals surface area contributed by atoms with Crippen LogP contribution in [0, 0.1) is 5.41 Å². The first-order valence-electron chi connectivity index (χ1n) is 6.51. The third-order valence-electron chi connectivity index (χ3n) is 3.63. The van der Waals surface area contributed by atoms with E-state index in [2.05, 4.69) is 53.4 Å². The van der Waals surface area contributed by atoms with Gasteiger partial charge in [0.15, 0.2) is 0 Å². The van der Waals surface area contributed by atoms with Crippen molar-refractivity contribution >= 4 is 15.9 Å². The Labute approximate surface area is 109 Å². The van der Waals surface area contributed by atoms with Crippen molar-refractivity contribution in [3.05, 3.63) is 0 Å². The second-order valence-electron chi connectivity index (χ2n) is 5.87. The molecule has 0 aromatic rings. The molecular formula is C13H27BrN2. The van der Waals surface area contributed by atoms with Crippen LogP contribution in [-0.2, 0) is 0 Å². The van der Waals surface area contributed by atoms with Gasteiger partial charge in [-0.1, -0.05) is 36.7 Å². The zero-order chi connectivity index (χ0) is 12.2. The van der Waals surface area contributed by atoms with Crippen molar-refractivity contribution in [2.75, 3.05) is 38.1 Å². The van der Waals surface area contributed by atoms with Crippen molar-refractivity contribution in [2.24, 2.45) is 5.41 Å². The highest BCUT2D eigenvalue weighted by atomic mass is 79.9. The maximum Gasteiger partial charge on any atom is 0.0113 e. The molecule has 96 valence electrons. The van der Waals surface area contributed by atoms with Gasteiger partial charge in [-0.15, -0.1) is 0 Å². The van der Waals surface area contributed by atoms with Crippen LogP contribution >= 0.6 is 15.9 Å². The fourth-order valence-corrected chi connectivity index (χ4v) is 2.45. The van der Waals surface area contributed by atoms with Gasteiger partial charge in [0.2, 0.25) is 0 Å². The minimum atomic E-state index is 0.401. The van der Waals surface area contributed by atoms with Gasteiger partial charge in [0.05, 0.1) is 0 Å². The van der Waals surface area contributed by atoms with Gasteiger partial charge < -0.3 is 4.90 Å². The Hall–Kier alpha value is 0.400. The van der Waals surface area contributed by atoms with E-state index in [-0.39, 0.29) is 0 Å². The van der Waals surface area contributed by atoms with Crippen LogP contribution in [0.25, 0.3) is 0 Å². The molecule has 3 heteroatoms. The molecule has 0 saturated carbocycles. The van der Waals surface area contributed by atoms with Gasteiger partial charge in [0.25, 0.3) is 0 Å². The Kier molecular flexibility index (Phi) is 5.75. The molecule has 0 N–H and O–H groups in total. The minimum absolute atomic E-state index is 0.401. The lowest BCUT2D eigenvalue weighted by Gasteiger charge is -2.40. The molecule has 2 nitrogen and oxygen atoms in total. The Morgan fingerprint density at radius 1 is 1.19 bits per heavy atom. The molecule has 1 heterocycles. The minimum Gasteiger partial charge on any atom is -0.300 e. The Bertz CT molecular complexity index is 198. The van der Waals surface area contributed by atoms with Gasteiger partial charge in [-0.25, -0.2) is 0 Å². The highest BCUT2D eigenvalue weighted by molar-refractivity contribution is 9.09. The molecule has 1 aliphatic rings. The molecule has 0 radical (unpaired) electrons. The standard InChI is InChI=1S/C13H27BrN2/c1-5-12(2)16-8-6-15(7-9-16)11-13(3,4)10-14/h12H,5-11H2,1-4H3.